The number of carbonyl (C=O) groups excluding carboxylic acids is 2. The molecule has 0 amide bonds. The Labute approximate surface area is 180 Å². The van der Waals surface area contributed by atoms with Crippen molar-refractivity contribution in [1.29, 1.82) is 0 Å². The van der Waals surface area contributed by atoms with Gasteiger partial charge in [-0.2, -0.15) is 0 Å². The number of non-ortho nitro benzene ring substituents is 2. The zero-order valence-electron chi connectivity index (χ0n) is 16.7. The lowest BCUT2D eigenvalue weighted by atomic mass is 10.1. The third-order valence-electron chi connectivity index (χ3n) is 4.69. The number of carbonyl (C=O) groups is 2. The molecule has 0 aliphatic carbocycles. The van der Waals surface area contributed by atoms with Crippen molar-refractivity contribution in [1.82, 2.24) is 0 Å². The molecule has 0 bridgehead atoms. The number of nitro groups is 2. The maximum absolute atomic E-state index is 12.4. The summed E-state index contributed by atoms with van der Waals surface area (Å²) in [7, 11) is 1.41. The van der Waals surface area contributed by atoms with Crippen molar-refractivity contribution >= 4 is 23.3 Å². The van der Waals surface area contributed by atoms with Crippen LogP contribution in [-0.2, 0) is 18.9 Å². The Hall–Kier alpha value is -3.90. The number of ether oxygens (including phenoxy) is 4. The van der Waals surface area contributed by atoms with Crippen LogP contribution in [0.15, 0.2) is 48.5 Å². The highest BCUT2D eigenvalue weighted by atomic mass is 16.7. The van der Waals surface area contributed by atoms with Crippen LogP contribution < -0.4 is 0 Å². The predicted octanol–water partition coefficient (Wildman–Crippen LogP) is 2.65. The SMILES string of the molecule is CO[C@@H]1C[C@H](OC(=O)c2ccc([N+](=O)[O-])cc2)[C@H](COC(=O)c2ccc([N+](=O)[O-])cc2)O1. The van der Waals surface area contributed by atoms with E-state index in [9.17, 15) is 29.8 Å². The Kier molecular flexibility index (Phi) is 7.07. The Morgan fingerprint density at radius 1 is 0.938 bits per heavy atom. The van der Waals surface area contributed by atoms with E-state index in [2.05, 4.69) is 0 Å². The summed E-state index contributed by atoms with van der Waals surface area (Å²) >= 11 is 0. The van der Waals surface area contributed by atoms with Gasteiger partial charge in [0.05, 0.1) is 21.0 Å². The Morgan fingerprint density at radius 2 is 1.44 bits per heavy atom. The number of hydrogen-bond donors (Lipinski definition) is 0. The van der Waals surface area contributed by atoms with Gasteiger partial charge in [-0.05, 0) is 24.3 Å². The number of hydrogen-bond acceptors (Lipinski definition) is 10. The zero-order chi connectivity index (χ0) is 23.3. The number of benzene rings is 2. The van der Waals surface area contributed by atoms with E-state index in [-0.39, 0.29) is 35.5 Å². The van der Waals surface area contributed by atoms with Crippen LogP contribution in [0.1, 0.15) is 27.1 Å². The minimum Gasteiger partial charge on any atom is -0.459 e. The first-order chi connectivity index (χ1) is 15.3. The number of nitrogens with zero attached hydrogens (tertiary/aromatic N) is 2. The molecule has 1 heterocycles. The van der Waals surface area contributed by atoms with Gasteiger partial charge in [0.2, 0.25) is 0 Å². The molecule has 2 aromatic rings. The lowest BCUT2D eigenvalue weighted by molar-refractivity contribution is -0.385. The molecule has 0 N–H and O–H groups in total. The zero-order valence-corrected chi connectivity index (χ0v) is 16.7. The second-order valence-corrected chi connectivity index (χ2v) is 6.73. The summed E-state index contributed by atoms with van der Waals surface area (Å²) in [6.07, 6.45) is -2.11. The molecule has 1 aliphatic heterocycles. The highest BCUT2D eigenvalue weighted by Crippen LogP contribution is 2.26. The Balaban J connectivity index is 1.61. The number of nitro benzene ring substituents is 2. The molecule has 0 unspecified atom stereocenters. The lowest BCUT2D eigenvalue weighted by Gasteiger charge is -2.18. The van der Waals surface area contributed by atoms with E-state index < -0.39 is 40.3 Å². The highest BCUT2D eigenvalue weighted by Gasteiger charge is 2.39. The van der Waals surface area contributed by atoms with Crippen LogP contribution in [-0.4, -0.2) is 54.0 Å². The standard InChI is InChI=1S/C20H18N2O10/c1-29-18-10-16(32-20(24)13-4-8-15(9-5-13)22(27)28)17(31-18)11-30-19(23)12-2-6-14(7-3-12)21(25)26/h2-9,16-18H,10-11H2,1H3/t16-,17-,18-/m0/s1. The van der Waals surface area contributed by atoms with Gasteiger partial charge < -0.3 is 18.9 Å². The molecule has 0 saturated carbocycles. The summed E-state index contributed by atoms with van der Waals surface area (Å²) in [5, 5.41) is 21.4. The van der Waals surface area contributed by atoms with Crippen LogP contribution in [0.4, 0.5) is 11.4 Å². The van der Waals surface area contributed by atoms with Gasteiger partial charge >= 0.3 is 11.9 Å². The van der Waals surface area contributed by atoms with E-state index in [1.54, 1.807) is 0 Å². The van der Waals surface area contributed by atoms with Gasteiger partial charge in [0.1, 0.15) is 18.8 Å². The monoisotopic (exact) mass is 446 g/mol. The first-order valence-corrected chi connectivity index (χ1v) is 9.33. The fraction of sp³-hybridized carbons (Fsp3) is 0.300. The van der Waals surface area contributed by atoms with Gasteiger partial charge in [-0.15, -0.1) is 0 Å². The summed E-state index contributed by atoms with van der Waals surface area (Å²) in [5.74, 6) is -1.46. The molecule has 12 heteroatoms. The maximum atomic E-state index is 12.4. The van der Waals surface area contributed by atoms with E-state index in [4.69, 9.17) is 18.9 Å². The number of methoxy groups -OCH3 is 1. The molecular weight excluding hydrogens is 428 g/mol. The summed E-state index contributed by atoms with van der Waals surface area (Å²) in [6, 6.07) is 9.80. The number of rotatable bonds is 8. The van der Waals surface area contributed by atoms with Crippen molar-refractivity contribution < 1.29 is 38.4 Å². The fourth-order valence-corrected chi connectivity index (χ4v) is 2.99. The second kappa shape index (κ2) is 9.94. The van der Waals surface area contributed by atoms with Gasteiger partial charge in [-0.25, -0.2) is 9.59 Å². The van der Waals surface area contributed by atoms with Crippen molar-refractivity contribution in [2.45, 2.75) is 24.9 Å². The molecule has 0 spiro atoms. The molecular formula is C20H18N2O10. The fourth-order valence-electron chi connectivity index (χ4n) is 2.99. The van der Waals surface area contributed by atoms with Crippen LogP contribution >= 0.6 is 0 Å². The smallest absolute Gasteiger partial charge is 0.338 e. The molecule has 168 valence electrons. The average Bonchev–Trinajstić information content (AvgIpc) is 3.19. The van der Waals surface area contributed by atoms with Crippen molar-refractivity contribution in [3.8, 4) is 0 Å². The van der Waals surface area contributed by atoms with Crippen molar-refractivity contribution in [2.24, 2.45) is 0 Å². The van der Waals surface area contributed by atoms with Crippen molar-refractivity contribution in [3.05, 3.63) is 79.9 Å². The maximum Gasteiger partial charge on any atom is 0.338 e. The Bertz CT molecular complexity index is 1010. The first kappa shape index (κ1) is 22.8. The summed E-state index contributed by atoms with van der Waals surface area (Å²) < 4.78 is 21.4. The average molecular weight is 446 g/mol. The first-order valence-electron chi connectivity index (χ1n) is 9.33. The summed E-state index contributed by atoms with van der Waals surface area (Å²) in [6.45, 7) is -0.256. The molecule has 0 aromatic heterocycles. The number of esters is 2. The summed E-state index contributed by atoms with van der Waals surface area (Å²) in [5.41, 5.74) is -0.113. The van der Waals surface area contributed by atoms with E-state index >= 15 is 0 Å². The molecule has 3 rings (SSSR count). The van der Waals surface area contributed by atoms with Gasteiger partial charge in [0.15, 0.2) is 6.29 Å². The second-order valence-electron chi connectivity index (χ2n) is 6.73. The van der Waals surface area contributed by atoms with E-state index in [0.717, 1.165) is 0 Å². The van der Waals surface area contributed by atoms with Gasteiger partial charge in [0.25, 0.3) is 11.4 Å². The minimum absolute atomic E-state index is 0.108. The highest BCUT2D eigenvalue weighted by molar-refractivity contribution is 5.90. The third kappa shape index (κ3) is 5.42. The van der Waals surface area contributed by atoms with Gasteiger partial charge in [0, 0.05) is 37.8 Å². The summed E-state index contributed by atoms with van der Waals surface area (Å²) in [4.78, 5) is 44.9. The Morgan fingerprint density at radius 3 is 1.91 bits per heavy atom. The largest absolute Gasteiger partial charge is 0.459 e. The predicted molar refractivity (Wildman–Crippen MR) is 106 cm³/mol. The molecule has 1 fully saturated rings. The van der Waals surface area contributed by atoms with E-state index in [0.29, 0.717) is 0 Å². The van der Waals surface area contributed by atoms with Gasteiger partial charge in [-0.3, -0.25) is 20.2 Å². The van der Waals surface area contributed by atoms with Crippen LogP contribution in [0.3, 0.4) is 0 Å². The molecule has 3 atom stereocenters. The molecule has 12 nitrogen and oxygen atoms in total. The van der Waals surface area contributed by atoms with E-state index in [1.807, 2.05) is 0 Å². The van der Waals surface area contributed by atoms with Gasteiger partial charge in [-0.1, -0.05) is 0 Å². The van der Waals surface area contributed by atoms with Crippen LogP contribution in [0.5, 0.6) is 0 Å². The van der Waals surface area contributed by atoms with E-state index in [1.165, 1.54) is 55.6 Å². The van der Waals surface area contributed by atoms with Crippen molar-refractivity contribution in [2.75, 3.05) is 13.7 Å². The minimum atomic E-state index is -0.816. The molecule has 2 aromatic carbocycles. The normalized spacial score (nSPS) is 19.8. The molecule has 1 aliphatic rings. The van der Waals surface area contributed by atoms with Crippen LogP contribution in [0, 0.1) is 20.2 Å². The van der Waals surface area contributed by atoms with Crippen molar-refractivity contribution in [3.63, 3.8) is 0 Å². The topological polar surface area (TPSA) is 157 Å². The molecule has 0 radical (unpaired) electrons. The van der Waals surface area contributed by atoms with Crippen LogP contribution in [0.25, 0.3) is 0 Å². The lowest BCUT2D eigenvalue weighted by Crippen LogP contribution is -2.32. The molecule has 1 saturated heterocycles. The quantitative estimate of drug-likeness (QED) is 0.335. The third-order valence-corrected chi connectivity index (χ3v) is 4.69. The van der Waals surface area contributed by atoms with Crippen LogP contribution in [0.2, 0.25) is 0 Å². The molecule has 32 heavy (non-hydrogen) atoms.